The molecule has 2 unspecified atom stereocenters. The van der Waals surface area contributed by atoms with Crippen molar-refractivity contribution in [3.05, 3.63) is 29.2 Å². The monoisotopic (exact) mass is 394 g/mol. The summed E-state index contributed by atoms with van der Waals surface area (Å²) < 4.78 is 6.46. The van der Waals surface area contributed by atoms with E-state index in [9.17, 15) is 24.3 Å². The fraction of sp³-hybridized carbons (Fsp3) is 0.438. The number of carbonyl (C=O) groups is 4. The first-order valence-corrected chi connectivity index (χ1v) is 9.26. The molecule has 2 N–H and O–H groups in total. The number of hydrogen-bond acceptors (Lipinski definition) is 7. The molecule has 0 bridgehead atoms. The minimum Gasteiger partial charge on any atom is -0.477 e. The Hall–Kier alpha value is -2.82. The number of fused-ring (bicyclic) bond motifs is 1. The third-order valence-electron chi connectivity index (χ3n) is 4.18. The van der Waals surface area contributed by atoms with E-state index >= 15 is 0 Å². The smallest absolute Gasteiger partial charge is 0.352 e. The van der Waals surface area contributed by atoms with Crippen LogP contribution in [0.15, 0.2) is 23.5 Å². The Kier molecular flexibility index (Phi) is 5.22. The number of carbonyl (C=O) groups excluding carboxylic acids is 3. The van der Waals surface area contributed by atoms with Crippen molar-refractivity contribution in [2.24, 2.45) is 0 Å². The predicted octanol–water partition coefficient (Wildman–Crippen LogP) is -0.182. The summed E-state index contributed by atoms with van der Waals surface area (Å²) in [4.78, 5) is 48.5. The maximum absolute atomic E-state index is 12.5. The summed E-state index contributed by atoms with van der Waals surface area (Å²) in [6.45, 7) is 3.53. The SMILES string of the molecule is CCn1ccc(C(=O)NC2C(=O)N3C(C(=O)O)=C(COC(C)=O)CSC23)n1. The van der Waals surface area contributed by atoms with Crippen molar-refractivity contribution in [3.63, 3.8) is 0 Å². The highest BCUT2D eigenvalue weighted by molar-refractivity contribution is 8.00. The van der Waals surface area contributed by atoms with E-state index < -0.39 is 35.2 Å². The highest BCUT2D eigenvalue weighted by atomic mass is 32.2. The number of amides is 2. The number of aryl methyl sites for hydroxylation is 1. The highest BCUT2D eigenvalue weighted by Gasteiger charge is 2.54. The van der Waals surface area contributed by atoms with Crippen molar-refractivity contribution in [2.75, 3.05) is 12.4 Å². The molecule has 3 heterocycles. The number of hydrogen-bond donors (Lipinski definition) is 2. The summed E-state index contributed by atoms with van der Waals surface area (Å²) in [6, 6.07) is 0.715. The Morgan fingerprint density at radius 3 is 2.78 bits per heavy atom. The quantitative estimate of drug-likeness (QED) is 0.502. The first-order chi connectivity index (χ1) is 12.8. The Morgan fingerprint density at radius 1 is 1.44 bits per heavy atom. The average molecular weight is 394 g/mol. The molecule has 3 rings (SSSR count). The van der Waals surface area contributed by atoms with Gasteiger partial charge in [0.25, 0.3) is 11.8 Å². The Morgan fingerprint density at radius 2 is 2.19 bits per heavy atom. The molecule has 2 amide bonds. The second kappa shape index (κ2) is 7.43. The second-order valence-electron chi connectivity index (χ2n) is 5.96. The van der Waals surface area contributed by atoms with Crippen LogP contribution in [-0.2, 0) is 25.7 Å². The Labute approximate surface area is 158 Å². The molecular weight excluding hydrogens is 376 g/mol. The van der Waals surface area contributed by atoms with Gasteiger partial charge in [0.1, 0.15) is 29.4 Å². The molecular formula is C16H18N4O6S. The van der Waals surface area contributed by atoms with Gasteiger partial charge in [-0.2, -0.15) is 5.10 Å². The Bertz CT molecular complexity index is 848. The standard InChI is InChI=1S/C16H18N4O6S/c1-3-19-5-4-10(18-19)13(22)17-11-14(23)20-12(16(24)25)9(6-26-8(2)21)7-27-15(11)20/h4-5,11,15H,3,6-7H2,1-2H3,(H,17,22)(H,24,25). The number of nitrogens with one attached hydrogen (secondary N) is 1. The molecule has 1 saturated heterocycles. The van der Waals surface area contributed by atoms with Crippen molar-refractivity contribution in [2.45, 2.75) is 31.8 Å². The molecule has 1 fully saturated rings. The molecule has 27 heavy (non-hydrogen) atoms. The first-order valence-electron chi connectivity index (χ1n) is 8.21. The molecule has 0 saturated carbocycles. The van der Waals surface area contributed by atoms with E-state index in [-0.39, 0.29) is 23.8 Å². The number of rotatable bonds is 6. The zero-order valence-corrected chi connectivity index (χ0v) is 15.5. The fourth-order valence-electron chi connectivity index (χ4n) is 2.86. The average Bonchev–Trinajstić information content (AvgIpc) is 3.12. The van der Waals surface area contributed by atoms with Crippen LogP contribution in [0.4, 0.5) is 0 Å². The number of β-lactam (4-membered cyclic amide) rings is 1. The number of aromatic nitrogens is 2. The third kappa shape index (κ3) is 3.54. The molecule has 144 valence electrons. The summed E-state index contributed by atoms with van der Waals surface area (Å²) in [6.07, 6.45) is 1.66. The lowest BCUT2D eigenvalue weighted by Gasteiger charge is -2.49. The Balaban J connectivity index is 1.74. The maximum atomic E-state index is 12.5. The van der Waals surface area contributed by atoms with Crippen LogP contribution in [0.2, 0.25) is 0 Å². The van der Waals surface area contributed by atoms with E-state index in [2.05, 4.69) is 10.4 Å². The predicted molar refractivity (Wildman–Crippen MR) is 93.5 cm³/mol. The van der Waals surface area contributed by atoms with Crippen LogP contribution in [0.3, 0.4) is 0 Å². The lowest BCUT2D eigenvalue weighted by atomic mass is 10.0. The number of thioether (sulfide) groups is 1. The van der Waals surface area contributed by atoms with Gasteiger partial charge in [-0.05, 0) is 13.0 Å². The van der Waals surface area contributed by atoms with Gasteiger partial charge >= 0.3 is 11.9 Å². The molecule has 2 atom stereocenters. The molecule has 0 aliphatic carbocycles. The second-order valence-corrected chi connectivity index (χ2v) is 7.06. The number of ether oxygens (including phenoxy) is 1. The van der Waals surface area contributed by atoms with Gasteiger partial charge in [-0.15, -0.1) is 11.8 Å². The van der Waals surface area contributed by atoms with Crippen LogP contribution in [-0.4, -0.2) is 67.3 Å². The van der Waals surface area contributed by atoms with Gasteiger partial charge in [0.05, 0.1) is 0 Å². The number of aliphatic carboxylic acids is 1. The minimum absolute atomic E-state index is 0.188. The van der Waals surface area contributed by atoms with E-state index in [1.165, 1.54) is 18.7 Å². The molecule has 1 aromatic heterocycles. The van der Waals surface area contributed by atoms with Crippen LogP contribution in [0.5, 0.6) is 0 Å². The van der Waals surface area contributed by atoms with Crippen LogP contribution >= 0.6 is 11.8 Å². The number of nitrogens with zero attached hydrogens (tertiary/aromatic N) is 3. The number of carboxylic acid groups (broad SMARTS) is 1. The van der Waals surface area contributed by atoms with Gasteiger partial charge in [0.2, 0.25) is 0 Å². The molecule has 2 aliphatic heterocycles. The third-order valence-corrected chi connectivity index (χ3v) is 5.52. The summed E-state index contributed by atoms with van der Waals surface area (Å²) in [5.41, 5.74) is 0.345. The van der Waals surface area contributed by atoms with Crippen LogP contribution in [0.1, 0.15) is 24.3 Å². The highest BCUT2D eigenvalue weighted by Crippen LogP contribution is 2.40. The molecule has 2 aliphatic rings. The zero-order valence-electron chi connectivity index (χ0n) is 14.7. The largest absolute Gasteiger partial charge is 0.477 e. The topological polar surface area (TPSA) is 131 Å². The van der Waals surface area contributed by atoms with Crippen molar-refractivity contribution < 1.29 is 29.0 Å². The summed E-state index contributed by atoms with van der Waals surface area (Å²) >= 11 is 1.30. The summed E-state index contributed by atoms with van der Waals surface area (Å²) in [7, 11) is 0. The van der Waals surface area contributed by atoms with Gasteiger partial charge in [0, 0.05) is 31.0 Å². The number of carboxylic acids is 1. The molecule has 10 nitrogen and oxygen atoms in total. The molecule has 11 heteroatoms. The van der Waals surface area contributed by atoms with Gasteiger partial charge in [0.15, 0.2) is 0 Å². The fourth-order valence-corrected chi connectivity index (χ4v) is 4.18. The van der Waals surface area contributed by atoms with Crippen molar-refractivity contribution in [1.82, 2.24) is 20.0 Å². The van der Waals surface area contributed by atoms with E-state index in [0.29, 0.717) is 12.1 Å². The van der Waals surface area contributed by atoms with Crippen LogP contribution < -0.4 is 5.32 Å². The minimum atomic E-state index is -1.28. The molecule has 1 aromatic rings. The number of esters is 1. The van der Waals surface area contributed by atoms with Gasteiger partial charge in [-0.3, -0.25) is 24.0 Å². The van der Waals surface area contributed by atoms with Gasteiger partial charge < -0.3 is 15.2 Å². The van der Waals surface area contributed by atoms with Gasteiger partial charge in [-0.25, -0.2) is 4.79 Å². The summed E-state index contributed by atoms with van der Waals surface area (Å²) in [5.74, 6) is -2.55. The van der Waals surface area contributed by atoms with Crippen molar-refractivity contribution in [1.29, 1.82) is 0 Å². The van der Waals surface area contributed by atoms with E-state index in [4.69, 9.17) is 4.74 Å². The normalized spacial score (nSPS) is 21.4. The van der Waals surface area contributed by atoms with E-state index in [1.807, 2.05) is 6.92 Å². The van der Waals surface area contributed by atoms with Crippen molar-refractivity contribution >= 4 is 35.5 Å². The molecule has 0 radical (unpaired) electrons. The van der Waals surface area contributed by atoms with Crippen LogP contribution in [0.25, 0.3) is 0 Å². The molecule has 0 aromatic carbocycles. The van der Waals surface area contributed by atoms with Crippen molar-refractivity contribution in [3.8, 4) is 0 Å². The lowest BCUT2D eigenvalue weighted by Crippen LogP contribution is -2.70. The van der Waals surface area contributed by atoms with E-state index in [1.54, 1.807) is 16.9 Å². The molecule has 0 spiro atoms. The van der Waals surface area contributed by atoms with Gasteiger partial charge in [-0.1, -0.05) is 0 Å². The summed E-state index contributed by atoms with van der Waals surface area (Å²) in [5, 5.41) is 15.7. The first kappa shape index (κ1) is 19.0. The maximum Gasteiger partial charge on any atom is 0.352 e. The van der Waals surface area contributed by atoms with E-state index in [0.717, 1.165) is 4.90 Å². The zero-order chi connectivity index (χ0) is 19.7. The lowest BCUT2D eigenvalue weighted by molar-refractivity contribution is -0.149. The van der Waals surface area contributed by atoms with Crippen LogP contribution in [0, 0.1) is 0 Å².